The van der Waals surface area contributed by atoms with Gasteiger partial charge in [0.2, 0.25) is 0 Å². The van der Waals surface area contributed by atoms with Gasteiger partial charge in [0, 0.05) is 6.42 Å². The molecular weight excluding hydrogens is 150 g/mol. The molecule has 12 heavy (non-hydrogen) atoms. The zero-order valence-electron chi connectivity index (χ0n) is 8.48. The van der Waals surface area contributed by atoms with Gasteiger partial charge in [-0.25, -0.2) is 0 Å². The lowest BCUT2D eigenvalue weighted by Gasteiger charge is -2.16. The minimum Gasteiger partial charge on any atom is -0.307 e. The van der Waals surface area contributed by atoms with Crippen molar-refractivity contribution < 1.29 is 4.79 Å². The molecule has 1 rings (SSSR count). The number of likely N-dealkylation sites (N-methyl/N-ethyl adjacent to an activating group) is 1. The minimum absolute atomic E-state index is 0.0197. The molecule has 0 heterocycles. The zero-order valence-corrected chi connectivity index (χ0v) is 8.48. The summed E-state index contributed by atoms with van der Waals surface area (Å²) in [6.45, 7) is 6.07. The van der Waals surface area contributed by atoms with Crippen LogP contribution in [0, 0.1) is 0 Å². The topological polar surface area (TPSA) is 29.1 Å². The second-order valence-corrected chi connectivity index (χ2v) is 2.75. The smallest absolute Gasteiger partial charge is 0.153 e. The van der Waals surface area contributed by atoms with E-state index < -0.39 is 0 Å². The molecule has 1 aliphatic carbocycles. The van der Waals surface area contributed by atoms with Crippen LogP contribution in [0.2, 0.25) is 0 Å². The number of hydrogen-bond acceptors (Lipinski definition) is 2. The van der Waals surface area contributed by atoms with Crippen LogP contribution in [0.15, 0.2) is 11.6 Å². The van der Waals surface area contributed by atoms with Gasteiger partial charge in [-0.05, 0) is 20.4 Å². The van der Waals surface area contributed by atoms with Gasteiger partial charge in [0.05, 0.1) is 6.04 Å². The summed E-state index contributed by atoms with van der Waals surface area (Å²) in [5.41, 5.74) is 1.32. The highest BCUT2D eigenvalue weighted by molar-refractivity contribution is 5.87. The third-order valence-electron chi connectivity index (χ3n) is 1.87. The van der Waals surface area contributed by atoms with Gasteiger partial charge in [-0.1, -0.05) is 25.5 Å². The Morgan fingerprint density at radius 1 is 1.42 bits per heavy atom. The van der Waals surface area contributed by atoms with E-state index in [4.69, 9.17) is 0 Å². The van der Waals surface area contributed by atoms with Crippen molar-refractivity contribution in [3.8, 4) is 0 Å². The molecular formula is C10H19NO. The standard InChI is InChI=1S/C8H13NO.C2H6/c1-6-3-4-8(10)7(5-6)9-2;1-2/h5,7,9H,3-4H2,1-2H3;1-2H3. The van der Waals surface area contributed by atoms with Crippen molar-refractivity contribution in [3.63, 3.8) is 0 Å². The molecule has 1 atom stereocenters. The summed E-state index contributed by atoms with van der Waals surface area (Å²) in [4.78, 5) is 11.1. The molecule has 0 amide bonds. The number of hydrogen-bond donors (Lipinski definition) is 1. The first-order valence-corrected chi connectivity index (χ1v) is 4.61. The molecule has 0 fully saturated rings. The molecule has 2 nitrogen and oxygen atoms in total. The van der Waals surface area contributed by atoms with Gasteiger partial charge in [0.15, 0.2) is 5.78 Å². The van der Waals surface area contributed by atoms with Crippen LogP contribution in [0.3, 0.4) is 0 Å². The Morgan fingerprint density at radius 3 is 2.42 bits per heavy atom. The van der Waals surface area contributed by atoms with E-state index in [9.17, 15) is 4.79 Å². The van der Waals surface area contributed by atoms with E-state index in [-0.39, 0.29) is 6.04 Å². The first-order valence-electron chi connectivity index (χ1n) is 4.61. The fraction of sp³-hybridized carbons (Fsp3) is 0.700. The summed E-state index contributed by atoms with van der Waals surface area (Å²) in [7, 11) is 1.82. The van der Waals surface area contributed by atoms with E-state index in [2.05, 4.69) is 12.2 Å². The van der Waals surface area contributed by atoms with E-state index >= 15 is 0 Å². The van der Waals surface area contributed by atoms with E-state index in [1.165, 1.54) is 5.57 Å². The second kappa shape index (κ2) is 5.95. The first-order chi connectivity index (χ1) is 5.74. The molecule has 70 valence electrons. The average Bonchev–Trinajstić information content (AvgIpc) is 2.13. The van der Waals surface area contributed by atoms with Gasteiger partial charge in [-0.3, -0.25) is 4.79 Å². The first kappa shape index (κ1) is 11.4. The van der Waals surface area contributed by atoms with Crippen LogP contribution in [0.4, 0.5) is 0 Å². The van der Waals surface area contributed by atoms with Crippen molar-refractivity contribution in [1.29, 1.82) is 0 Å². The van der Waals surface area contributed by atoms with Gasteiger partial charge in [-0.2, -0.15) is 0 Å². The van der Waals surface area contributed by atoms with Crippen molar-refractivity contribution in [1.82, 2.24) is 5.32 Å². The van der Waals surface area contributed by atoms with Crippen LogP contribution in [-0.4, -0.2) is 18.9 Å². The molecule has 0 aromatic heterocycles. The maximum Gasteiger partial charge on any atom is 0.153 e. The fourth-order valence-corrected chi connectivity index (χ4v) is 1.18. The third kappa shape index (κ3) is 3.18. The SMILES string of the molecule is CC.CNC1C=C(C)CCC1=O. The molecule has 1 unspecified atom stereocenters. The number of ketones is 1. The van der Waals surface area contributed by atoms with Gasteiger partial charge in [-0.15, -0.1) is 0 Å². The lowest BCUT2D eigenvalue weighted by Crippen LogP contribution is -2.34. The molecule has 0 saturated carbocycles. The molecule has 2 heteroatoms. The molecule has 0 spiro atoms. The predicted molar refractivity (Wildman–Crippen MR) is 52.2 cm³/mol. The summed E-state index contributed by atoms with van der Waals surface area (Å²) in [6.07, 6.45) is 3.65. The maximum absolute atomic E-state index is 11.1. The molecule has 0 aromatic rings. The summed E-state index contributed by atoms with van der Waals surface area (Å²) in [5.74, 6) is 0.313. The van der Waals surface area contributed by atoms with Crippen LogP contribution < -0.4 is 5.32 Å². The number of allylic oxidation sites excluding steroid dienone is 1. The van der Waals surface area contributed by atoms with Crippen LogP contribution in [0.5, 0.6) is 0 Å². The van der Waals surface area contributed by atoms with E-state index in [1.54, 1.807) is 0 Å². The van der Waals surface area contributed by atoms with E-state index in [0.717, 1.165) is 6.42 Å². The maximum atomic E-state index is 11.1. The van der Waals surface area contributed by atoms with Crippen molar-refractivity contribution >= 4 is 5.78 Å². The summed E-state index contributed by atoms with van der Waals surface area (Å²) < 4.78 is 0. The monoisotopic (exact) mass is 169 g/mol. The second-order valence-electron chi connectivity index (χ2n) is 2.75. The number of rotatable bonds is 1. The quantitative estimate of drug-likeness (QED) is 0.607. The number of carbonyl (C=O) groups is 1. The molecule has 1 aliphatic rings. The van der Waals surface area contributed by atoms with Crippen molar-refractivity contribution in [2.24, 2.45) is 0 Å². The van der Waals surface area contributed by atoms with Crippen molar-refractivity contribution in [3.05, 3.63) is 11.6 Å². The zero-order chi connectivity index (χ0) is 9.56. The van der Waals surface area contributed by atoms with Gasteiger partial charge in [0.25, 0.3) is 0 Å². The average molecular weight is 169 g/mol. The van der Waals surface area contributed by atoms with Gasteiger partial charge in [0.1, 0.15) is 0 Å². The molecule has 0 aliphatic heterocycles. The minimum atomic E-state index is -0.0197. The number of carbonyl (C=O) groups excluding carboxylic acids is 1. The summed E-state index contributed by atoms with van der Waals surface area (Å²) >= 11 is 0. The summed E-state index contributed by atoms with van der Waals surface area (Å²) in [5, 5.41) is 2.96. The Morgan fingerprint density at radius 2 is 2.00 bits per heavy atom. The highest BCUT2D eigenvalue weighted by Gasteiger charge is 2.17. The Balaban J connectivity index is 0.000000561. The van der Waals surface area contributed by atoms with Crippen LogP contribution >= 0.6 is 0 Å². The normalized spacial score (nSPS) is 22.5. The highest BCUT2D eigenvalue weighted by Crippen LogP contribution is 2.13. The Labute approximate surface area is 75.0 Å². The van der Waals surface area contributed by atoms with E-state index in [1.807, 2.05) is 27.0 Å². The van der Waals surface area contributed by atoms with Gasteiger partial charge >= 0.3 is 0 Å². The number of Topliss-reactive ketones (excluding diaryl/α,β-unsaturated/α-hetero) is 1. The fourth-order valence-electron chi connectivity index (χ4n) is 1.18. The Hall–Kier alpha value is -0.630. The van der Waals surface area contributed by atoms with Crippen molar-refractivity contribution in [2.75, 3.05) is 7.05 Å². The van der Waals surface area contributed by atoms with Crippen molar-refractivity contribution in [2.45, 2.75) is 39.7 Å². The molecule has 1 N–H and O–H groups in total. The van der Waals surface area contributed by atoms with Crippen LogP contribution in [0.1, 0.15) is 33.6 Å². The Bertz CT molecular complexity index is 173. The largest absolute Gasteiger partial charge is 0.307 e. The highest BCUT2D eigenvalue weighted by atomic mass is 16.1. The lowest BCUT2D eigenvalue weighted by atomic mass is 9.96. The van der Waals surface area contributed by atoms with Crippen LogP contribution in [-0.2, 0) is 4.79 Å². The predicted octanol–water partition coefficient (Wildman–Crippen LogP) is 1.91. The van der Waals surface area contributed by atoms with Crippen LogP contribution in [0.25, 0.3) is 0 Å². The Kier molecular flexibility index (Phi) is 5.64. The lowest BCUT2D eigenvalue weighted by molar-refractivity contribution is -0.120. The summed E-state index contributed by atoms with van der Waals surface area (Å²) in [6, 6.07) is -0.0197. The number of nitrogens with one attached hydrogen (secondary N) is 1. The van der Waals surface area contributed by atoms with Gasteiger partial charge < -0.3 is 5.32 Å². The molecule has 0 aromatic carbocycles. The third-order valence-corrected chi connectivity index (χ3v) is 1.87. The van der Waals surface area contributed by atoms with E-state index in [0.29, 0.717) is 12.2 Å². The molecule has 0 radical (unpaired) electrons. The molecule has 0 saturated heterocycles. The molecule has 0 bridgehead atoms.